The topological polar surface area (TPSA) is 83.6 Å². The molecule has 0 radical (unpaired) electrons. The Balaban J connectivity index is 3.47. The van der Waals surface area contributed by atoms with Crippen LogP contribution in [0, 0.1) is 0 Å². The average molecular weight is 141 g/mol. The predicted molar refractivity (Wildman–Crippen MR) is 15.1 cm³/mol. The van der Waals surface area contributed by atoms with E-state index < -0.39 is 14.4 Å². The van der Waals surface area contributed by atoms with Gasteiger partial charge in [-0.15, -0.1) is 0 Å². The van der Waals surface area contributed by atoms with E-state index in [1.165, 1.54) is 0 Å². The molecule has 0 heterocycles. The number of rotatable bonds is 0. The molecule has 32 valence electrons. The Kier molecular flexibility index (Phi) is 1.20. The van der Waals surface area contributed by atoms with E-state index in [1.807, 2.05) is 0 Å². The molecule has 0 aromatic rings. The van der Waals surface area contributed by atoms with Crippen molar-refractivity contribution in [2.24, 2.45) is 4.65 Å². The molecule has 0 aliphatic rings. The van der Waals surface area contributed by atoms with Crippen LogP contribution in [0.5, 0.6) is 0 Å². The van der Waals surface area contributed by atoms with Gasteiger partial charge in [0.1, 0.15) is 0 Å². The first-order chi connectivity index (χ1) is 2.00. The first kappa shape index (κ1) is 5.24. The third-order valence-electron chi connectivity index (χ3n) is 0. The maximum atomic E-state index is 9.16. The maximum absolute atomic E-state index is 9.16. The number of hydrogen-bond donors (Lipinski definition) is 3. The van der Waals surface area contributed by atoms with Gasteiger partial charge in [-0.25, -0.2) is 0 Å². The van der Waals surface area contributed by atoms with E-state index in [2.05, 4.69) is 4.65 Å². The summed E-state index contributed by atoms with van der Waals surface area (Å²) in [6.07, 6.45) is 0. The molecule has 0 saturated carbocycles. The second-order valence-electron chi connectivity index (χ2n) is 0.589. The molecule has 0 aromatic heterocycles. The van der Waals surface area contributed by atoms with Crippen LogP contribution in [-0.4, -0.2) is 22.6 Å². The number of nitrogens with two attached hydrogens (primary N) is 1. The summed E-state index contributed by atoms with van der Waals surface area (Å²) in [7, 11) is 0. The third-order valence-corrected chi connectivity index (χ3v) is 0. The molecular weight excluding hydrogens is 137 g/mol. The van der Waals surface area contributed by atoms with E-state index in [9.17, 15) is 0 Å². The summed E-state index contributed by atoms with van der Waals surface area (Å²) in [5.74, 6) is 0. The monoisotopic (exact) mass is 141 g/mol. The molecule has 0 rings (SSSR count). The Morgan fingerprint density at radius 2 is 1.60 bits per heavy atom. The van der Waals surface area contributed by atoms with Gasteiger partial charge < -0.3 is 0 Å². The van der Waals surface area contributed by atoms with Crippen LogP contribution >= 0.6 is 0 Å². The van der Waals surface area contributed by atoms with Gasteiger partial charge in [0, 0.05) is 0 Å². The van der Waals surface area contributed by atoms with Crippen molar-refractivity contribution in [1.29, 1.82) is 0 Å². The van der Waals surface area contributed by atoms with Gasteiger partial charge in [-0.1, -0.05) is 0 Å². The van der Waals surface area contributed by atoms with Crippen LogP contribution < -0.4 is 4.65 Å². The Morgan fingerprint density at radius 1 is 1.60 bits per heavy atom. The van der Waals surface area contributed by atoms with Crippen LogP contribution in [0.3, 0.4) is 0 Å². The van der Waals surface area contributed by atoms with Gasteiger partial charge in [0.2, 0.25) is 0 Å². The molecule has 0 amide bonds. The SMILES string of the molecule is N[As](=O)(O)O. The molecule has 0 aromatic carbocycles. The Bertz CT molecular complexity index is 53.0. The standard InChI is InChI=1S/AsH4NO3/c2-1(3,4)5/h(H4,2,3,4,5). The van der Waals surface area contributed by atoms with Crippen molar-refractivity contribution < 1.29 is 11.9 Å². The average Bonchev–Trinajstić information content (AvgIpc) is 0.722. The van der Waals surface area contributed by atoms with E-state index in [1.54, 1.807) is 0 Å². The molecule has 4 N–H and O–H groups in total. The zero-order valence-corrected chi connectivity index (χ0v) is 4.20. The Morgan fingerprint density at radius 3 is 1.60 bits per heavy atom. The second-order valence-corrected chi connectivity index (χ2v) is 3.06. The molecule has 0 spiro atoms. The molecule has 5 heteroatoms. The third kappa shape index (κ3) is 374. The molecular formula is H4AsNO3. The zero-order chi connectivity index (χ0) is 4.50. The van der Waals surface area contributed by atoms with Gasteiger partial charge in [-0.2, -0.15) is 0 Å². The Labute approximate surface area is 31.8 Å². The molecule has 0 aliphatic heterocycles. The summed E-state index contributed by atoms with van der Waals surface area (Å²) < 4.78 is 28.2. The fourth-order valence-electron chi connectivity index (χ4n) is 0. The fourth-order valence-corrected chi connectivity index (χ4v) is 0. The van der Waals surface area contributed by atoms with E-state index in [4.69, 9.17) is 11.9 Å². The fraction of sp³-hybridized carbons (Fsp3) is 0. The minimum atomic E-state index is -4.62. The van der Waals surface area contributed by atoms with E-state index in [0.29, 0.717) is 0 Å². The summed E-state index contributed by atoms with van der Waals surface area (Å²) in [5, 5.41) is 0. The second kappa shape index (κ2) is 1.14. The van der Waals surface area contributed by atoms with Crippen LogP contribution in [0.25, 0.3) is 0 Å². The van der Waals surface area contributed by atoms with Crippen molar-refractivity contribution >= 4 is 14.4 Å². The van der Waals surface area contributed by atoms with Gasteiger partial charge >= 0.3 is 31.0 Å². The van der Waals surface area contributed by atoms with Crippen molar-refractivity contribution in [3.63, 3.8) is 0 Å². The molecule has 0 unspecified atom stereocenters. The summed E-state index contributed by atoms with van der Waals surface area (Å²) in [5.41, 5.74) is 0. The first-order valence-corrected chi connectivity index (χ1v) is 4.37. The van der Waals surface area contributed by atoms with Gasteiger partial charge in [-0.3, -0.25) is 0 Å². The summed E-state index contributed by atoms with van der Waals surface area (Å²) in [6.45, 7) is 0. The molecule has 0 aliphatic carbocycles. The van der Waals surface area contributed by atoms with Crippen LogP contribution in [0.2, 0.25) is 0 Å². The van der Waals surface area contributed by atoms with Crippen molar-refractivity contribution in [1.82, 2.24) is 0 Å². The first-order valence-electron chi connectivity index (χ1n) is 0.841. The quantitative estimate of drug-likeness (QED) is 0.334. The van der Waals surface area contributed by atoms with Crippen LogP contribution in [0.4, 0.5) is 0 Å². The molecule has 0 fully saturated rings. The molecule has 5 heavy (non-hydrogen) atoms. The molecule has 4 nitrogen and oxygen atoms in total. The van der Waals surface area contributed by atoms with Crippen LogP contribution in [0.15, 0.2) is 0 Å². The van der Waals surface area contributed by atoms with E-state index in [-0.39, 0.29) is 0 Å². The predicted octanol–water partition coefficient (Wildman–Crippen LogP) is -2.20. The normalized spacial score (nSPS) is 11.8. The Hall–Kier alpha value is 0.238. The summed E-state index contributed by atoms with van der Waals surface area (Å²) in [6, 6.07) is 0. The van der Waals surface area contributed by atoms with Crippen LogP contribution in [-0.2, 0) is 3.74 Å². The zero-order valence-electron chi connectivity index (χ0n) is 2.33. The van der Waals surface area contributed by atoms with Gasteiger partial charge in [0.15, 0.2) is 0 Å². The van der Waals surface area contributed by atoms with Gasteiger partial charge in [0.25, 0.3) is 0 Å². The van der Waals surface area contributed by atoms with Crippen LogP contribution in [0.1, 0.15) is 0 Å². The van der Waals surface area contributed by atoms with E-state index in [0.717, 1.165) is 0 Å². The minimum absolute atomic E-state index is 4.08. The molecule has 0 bridgehead atoms. The summed E-state index contributed by atoms with van der Waals surface area (Å²) >= 11 is -4.62. The summed E-state index contributed by atoms with van der Waals surface area (Å²) in [4.78, 5) is 0. The molecule has 0 saturated heterocycles. The van der Waals surface area contributed by atoms with Gasteiger partial charge in [0.05, 0.1) is 0 Å². The van der Waals surface area contributed by atoms with Crippen molar-refractivity contribution in [2.45, 2.75) is 0 Å². The van der Waals surface area contributed by atoms with Crippen molar-refractivity contribution in [3.8, 4) is 0 Å². The van der Waals surface area contributed by atoms with Crippen molar-refractivity contribution in [3.05, 3.63) is 0 Å². The molecule has 0 atom stereocenters. The van der Waals surface area contributed by atoms with Gasteiger partial charge in [-0.05, 0) is 0 Å². The van der Waals surface area contributed by atoms with E-state index >= 15 is 0 Å². The van der Waals surface area contributed by atoms with Crippen molar-refractivity contribution in [2.75, 3.05) is 0 Å². The number of hydrogen-bond acceptors (Lipinski definition) is 1.